The Morgan fingerprint density at radius 1 is 1.08 bits per heavy atom. The Bertz CT molecular complexity index is 723. The summed E-state index contributed by atoms with van der Waals surface area (Å²) in [7, 11) is 0. The smallest absolute Gasteiger partial charge is 0.426 e. The summed E-state index contributed by atoms with van der Waals surface area (Å²) in [6.07, 6.45) is -0.365. The molecule has 2 aromatic rings. The van der Waals surface area contributed by atoms with Crippen LogP contribution >= 0.6 is 0 Å². The van der Waals surface area contributed by atoms with Crippen molar-refractivity contribution in [2.75, 3.05) is 6.67 Å². The molecular weight excluding hydrogens is 333 g/mol. The Morgan fingerprint density at radius 2 is 1.72 bits per heavy atom. The standard InChI is InChI=1S/C19H17F3O3/c20-13-1-2-14-3-8-16(9-4-14)19(21,22)25-17-10-5-15(6-11-17)7-12-18(23)24/h3-12H,1-2,13H2,(H,23,24). The highest BCUT2D eigenvalue weighted by molar-refractivity contribution is 5.85. The van der Waals surface area contributed by atoms with Crippen LogP contribution in [0.4, 0.5) is 13.2 Å². The van der Waals surface area contributed by atoms with Crippen LogP contribution in [0.5, 0.6) is 5.75 Å². The third kappa shape index (κ3) is 5.67. The van der Waals surface area contributed by atoms with Gasteiger partial charge in [0.25, 0.3) is 0 Å². The first-order valence-corrected chi connectivity index (χ1v) is 7.64. The first-order chi connectivity index (χ1) is 11.9. The van der Waals surface area contributed by atoms with Crippen molar-refractivity contribution < 1.29 is 27.8 Å². The summed E-state index contributed by atoms with van der Waals surface area (Å²) in [6.45, 7) is -0.446. The number of alkyl halides is 3. The highest BCUT2D eigenvalue weighted by Gasteiger charge is 2.34. The molecule has 0 aliphatic rings. The van der Waals surface area contributed by atoms with E-state index < -0.39 is 18.8 Å². The largest absolute Gasteiger partial charge is 0.478 e. The lowest BCUT2D eigenvalue weighted by atomic mass is 10.1. The second-order valence-electron chi connectivity index (χ2n) is 5.35. The molecule has 0 aliphatic carbocycles. The number of carboxylic acid groups (broad SMARTS) is 1. The highest BCUT2D eigenvalue weighted by Crippen LogP contribution is 2.32. The normalized spacial score (nSPS) is 11.6. The van der Waals surface area contributed by atoms with Crippen LogP contribution in [-0.2, 0) is 17.3 Å². The van der Waals surface area contributed by atoms with E-state index in [1.165, 1.54) is 54.6 Å². The Balaban J connectivity index is 2.05. The van der Waals surface area contributed by atoms with Crippen molar-refractivity contribution in [1.82, 2.24) is 0 Å². The summed E-state index contributed by atoms with van der Waals surface area (Å²) in [4.78, 5) is 10.4. The molecule has 2 aromatic carbocycles. The van der Waals surface area contributed by atoms with E-state index in [1.807, 2.05) is 0 Å². The summed E-state index contributed by atoms with van der Waals surface area (Å²) in [5, 5.41) is 8.55. The van der Waals surface area contributed by atoms with Gasteiger partial charge in [-0.2, -0.15) is 8.78 Å². The number of carbonyl (C=O) groups is 1. The Kier molecular flexibility index (Phi) is 6.22. The molecule has 0 saturated heterocycles. The molecule has 0 radical (unpaired) electrons. The number of benzene rings is 2. The van der Waals surface area contributed by atoms with Gasteiger partial charge in [0, 0.05) is 6.08 Å². The van der Waals surface area contributed by atoms with Gasteiger partial charge < -0.3 is 9.84 Å². The van der Waals surface area contributed by atoms with Crippen LogP contribution in [-0.4, -0.2) is 17.8 Å². The minimum atomic E-state index is -3.52. The topological polar surface area (TPSA) is 46.5 Å². The van der Waals surface area contributed by atoms with Crippen LogP contribution in [0.3, 0.4) is 0 Å². The number of aryl methyl sites for hydroxylation is 1. The zero-order valence-corrected chi connectivity index (χ0v) is 13.3. The van der Waals surface area contributed by atoms with Crippen LogP contribution in [0.2, 0.25) is 0 Å². The van der Waals surface area contributed by atoms with Gasteiger partial charge in [-0.15, -0.1) is 0 Å². The number of hydrogen-bond donors (Lipinski definition) is 1. The minimum absolute atomic E-state index is 0.0426. The van der Waals surface area contributed by atoms with E-state index in [1.54, 1.807) is 0 Å². The van der Waals surface area contributed by atoms with E-state index in [0.29, 0.717) is 18.4 Å². The quantitative estimate of drug-likeness (QED) is 0.695. The van der Waals surface area contributed by atoms with Crippen molar-refractivity contribution in [1.29, 1.82) is 0 Å². The van der Waals surface area contributed by atoms with Gasteiger partial charge in [0.05, 0.1) is 12.2 Å². The summed E-state index contributed by atoms with van der Waals surface area (Å²) < 4.78 is 45.3. The number of ether oxygens (including phenoxy) is 1. The summed E-state index contributed by atoms with van der Waals surface area (Å²) in [6, 6.07) is 11.2. The maximum Gasteiger partial charge on any atom is 0.426 e. The monoisotopic (exact) mass is 350 g/mol. The van der Waals surface area contributed by atoms with E-state index in [0.717, 1.165) is 11.6 Å². The maximum atomic E-state index is 14.2. The first kappa shape index (κ1) is 18.6. The van der Waals surface area contributed by atoms with Crippen molar-refractivity contribution in [3.63, 3.8) is 0 Å². The number of rotatable bonds is 8. The minimum Gasteiger partial charge on any atom is -0.478 e. The maximum absolute atomic E-state index is 14.2. The average molecular weight is 350 g/mol. The molecule has 1 N–H and O–H groups in total. The summed E-state index contributed by atoms with van der Waals surface area (Å²) in [5.74, 6) is -1.14. The Hall–Kier alpha value is -2.76. The van der Waals surface area contributed by atoms with Crippen molar-refractivity contribution in [3.05, 3.63) is 71.3 Å². The van der Waals surface area contributed by atoms with Gasteiger partial charge in [0.2, 0.25) is 0 Å². The third-order valence-electron chi connectivity index (χ3n) is 3.43. The zero-order valence-electron chi connectivity index (χ0n) is 13.3. The lowest BCUT2D eigenvalue weighted by Gasteiger charge is -2.18. The predicted octanol–water partition coefficient (Wildman–Crippen LogP) is 4.81. The van der Waals surface area contributed by atoms with Crippen molar-refractivity contribution in [2.24, 2.45) is 0 Å². The molecule has 0 bridgehead atoms. The fraction of sp³-hybridized carbons (Fsp3) is 0.211. The van der Waals surface area contributed by atoms with E-state index >= 15 is 0 Å². The summed E-state index contributed by atoms with van der Waals surface area (Å²) >= 11 is 0. The molecule has 0 unspecified atom stereocenters. The van der Waals surface area contributed by atoms with Crippen LogP contribution in [0.25, 0.3) is 6.08 Å². The van der Waals surface area contributed by atoms with Gasteiger partial charge >= 0.3 is 12.1 Å². The van der Waals surface area contributed by atoms with Gasteiger partial charge in [0.15, 0.2) is 0 Å². The fourth-order valence-electron chi connectivity index (χ4n) is 2.16. The number of halogens is 3. The molecule has 6 heteroatoms. The molecule has 0 spiro atoms. The van der Waals surface area contributed by atoms with Crippen LogP contribution < -0.4 is 4.74 Å². The molecule has 132 valence electrons. The van der Waals surface area contributed by atoms with Gasteiger partial charge in [-0.3, -0.25) is 4.39 Å². The van der Waals surface area contributed by atoms with Gasteiger partial charge in [-0.1, -0.05) is 24.3 Å². The molecule has 0 atom stereocenters. The summed E-state index contributed by atoms with van der Waals surface area (Å²) in [5.41, 5.74) is 1.04. The fourth-order valence-corrected chi connectivity index (χ4v) is 2.16. The average Bonchev–Trinajstić information content (AvgIpc) is 2.59. The third-order valence-corrected chi connectivity index (χ3v) is 3.43. The SMILES string of the molecule is O=C(O)C=Cc1ccc(OC(F)(F)c2ccc(CCCF)cc2)cc1. The van der Waals surface area contributed by atoms with Crippen LogP contribution in [0.15, 0.2) is 54.6 Å². The zero-order chi connectivity index (χ0) is 18.3. The highest BCUT2D eigenvalue weighted by atomic mass is 19.3. The molecule has 0 aliphatic heterocycles. The molecule has 2 rings (SSSR count). The van der Waals surface area contributed by atoms with Gasteiger partial charge in [0.1, 0.15) is 5.75 Å². The Morgan fingerprint density at radius 3 is 2.28 bits per heavy atom. The molecule has 0 amide bonds. The second kappa shape index (κ2) is 8.37. The number of carboxylic acids is 1. The van der Waals surface area contributed by atoms with Crippen molar-refractivity contribution in [2.45, 2.75) is 19.0 Å². The van der Waals surface area contributed by atoms with Crippen LogP contribution in [0, 0.1) is 0 Å². The Labute approximate surface area is 143 Å². The van der Waals surface area contributed by atoms with E-state index in [4.69, 9.17) is 9.84 Å². The number of aliphatic carboxylic acids is 1. The molecule has 3 nitrogen and oxygen atoms in total. The van der Waals surface area contributed by atoms with Crippen molar-refractivity contribution in [3.8, 4) is 5.75 Å². The van der Waals surface area contributed by atoms with Gasteiger partial charge in [-0.05, 0) is 54.3 Å². The lowest BCUT2D eigenvalue weighted by Crippen LogP contribution is -2.21. The molecule has 0 aromatic heterocycles. The molecule has 0 fully saturated rings. The lowest BCUT2D eigenvalue weighted by molar-refractivity contribution is -0.185. The molecule has 25 heavy (non-hydrogen) atoms. The molecular formula is C19H17F3O3. The predicted molar refractivity (Wildman–Crippen MR) is 88.4 cm³/mol. The van der Waals surface area contributed by atoms with Gasteiger partial charge in [-0.25, -0.2) is 4.79 Å². The van der Waals surface area contributed by atoms with E-state index in [-0.39, 0.29) is 11.3 Å². The number of hydrogen-bond acceptors (Lipinski definition) is 2. The molecule has 0 heterocycles. The van der Waals surface area contributed by atoms with Crippen molar-refractivity contribution >= 4 is 12.0 Å². The van der Waals surface area contributed by atoms with E-state index in [9.17, 15) is 18.0 Å². The second-order valence-corrected chi connectivity index (χ2v) is 5.35. The van der Waals surface area contributed by atoms with E-state index in [2.05, 4.69) is 0 Å². The van der Waals surface area contributed by atoms with Crippen LogP contribution in [0.1, 0.15) is 23.1 Å². The first-order valence-electron chi connectivity index (χ1n) is 7.64. The molecule has 0 saturated carbocycles.